The van der Waals surface area contributed by atoms with Gasteiger partial charge in [-0.3, -0.25) is 0 Å². The van der Waals surface area contributed by atoms with Crippen molar-refractivity contribution in [3.05, 3.63) is 107 Å². The SMILES string of the molecule is C=C1C=C(C(C)CCC2=CC3C=C(CCC4CCCCC4)C=CC3=C2)C=C2C=CC=CC12. The molecule has 0 spiro atoms. The third kappa shape index (κ3) is 4.85. The number of hydrogen-bond acceptors (Lipinski definition) is 0. The number of rotatable bonds is 7. The Morgan fingerprint density at radius 1 is 0.875 bits per heavy atom. The summed E-state index contributed by atoms with van der Waals surface area (Å²) in [6.07, 6.45) is 38.1. The molecule has 1 saturated carbocycles. The molecule has 0 amide bonds. The molecule has 32 heavy (non-hydrogen) atoms. The average Bonchev–Trinajstić information content (AvgIpc) is 3.24. The number of allylic oxidation sites excluding steroid dienone is 17. The first-order valence-electron chi connectivity index (χ1n) is 12.9. The normalized spacial score (nSPS) is 27.8. The molecule has 5 rings (SSSR count). The molecule has 166 valence electrons. The topological polar surface area (TPSA) is 0 Å². The summed E-state index contributed by atoms with van der Waals surface area (Å²) in [5.41, 5.74) is 8.64. The lowest BCUT2D eigenvalue weighted by Crippen LogP contribution is -2.11. The van der Waals surface area contributed by atoms with Crippen molar-refractivity contribution in [2.75, 3.05) is 0 Å². The van der Waals surface area contributed by atoms with Crippen LogP contribution in [0.1, 0.15) is 64.7 Å². The number of fused-ring (bicyclic) bond motifs is 2. The van der Waals surface area contributed by atoms with Gasteiger partial charge in [0, 0.05) is 11.8 Å². The standard InChI is InChI=1S/C32H38/c1-23(30-18-24(2)32-11-7-6-10-29(32)22-30)12-13-27-20-28-17-16-26(19-31(28)21-27)15-14-25-8-4-3-5-9-25/h6-7,10-11,16-23,25,31-32H,2-5,8-9,12-15H2,1H3. The van der Waals surface area contributed by atoms with Gasteiger partial charge >= 0.3 is 0 Å². The summed E-state index contributed by atoms with van der Waals surface area (Å²) in [4.78, 5) is 0. The third-order valence-corrected chi connectivity index (χ3v) is 8.16. The van der Waals surface area contributed by atoms with Crippen LogP contribution in [-0.4, -0.2) is 0 Å². The zero-order chi connectivity index (χ0) is 21.9. The van der Waals surface area contributed by atoms with Crippen LogP contribution >= 0.6 is 0 Å². The summed E-state index contributed by atoms with van der Waals surface area (Å²) in [5, 5.41) is 0. The van der Waals surface area contributed by atoms with Crippen molar-refractivity contribution in [3.63, 3.8) is 0 Å². The Balaban J connectivity index is 1.16. The van der Waals surface area contributed by atoms with Gasteiger partial charge in [-0.25, -0.2) is 0 Å². The summed E-state index contributed by atoms with van der Waals surface area (Å²) in [6, 6.07) is 0. The highest BCUT2D eigenvalue weighted by Crippen LogP contribution is 2.38. The summed E-state index contributed by atoms with van der Waals surface area (Å²) < 4.78 is 0. The first kappa shape index (κ1) is 21.5. The summed E-state index contributed by atoms with van der Waals surface area (Å²) in [5.74, 6) is 2.43. The third-order valence-electron chi connectivity index (χ3n) is 8.16. The molecule has 5 aliphatic carbocycles. The molecular formula is C32H38. The minimum absolute atomic E-state index is 0.382. The molecule has 0 aromatic heterocycles. The van der Waals surface area contributed by atoms with Gasteiger partial charge in [0.2, 0.25) is 0 Å². The molecule has 0 saturated heterocycles. The smallest absolute Gasteiger partial charge is 0.0266 e. The van der Waals surface area contributed by atoms with Crippen molar-refractivity contribution < 1.29 is 0 Å². The van der Waals surface area contributed by atoms with Crippen LogP contribution in [0.15, 0.2) is 107 Å². The molecule has 0 aromatic rings. The van der Waals surface area contributed by atoms with Crippen LogP contribution in [0.3, 0.4) is 0 Å². The van der Waals surface area contributed by atoms with Gasteiger partial charge in [-0.1, -0.05) is 124 Å². The Bertz CT molecular complexity index is 991. The van der Waals surface area contributed by atoms with Crippen LogP contribution < -0.4 is 0 Å². The summed E-state index contributed by atoms with van der Waals surface area (Å²) in [7, 11) is 0. The molecule has 5 aliphatic rings. The zero-order valence-corrected chi connectivity index (χ0v) is 19.7. The van der Waals surface area contributed by atoms with E-state index in [4.69, 9.17) is 0 Å². The van der Waals surface area contributed by atoms with Gasteiger partial charge in [0.1, 0.15) is 0 Å². The molecule has 0 heteroatoms. The predicted molar refractivity (Wildman–Crippen MR) is 138 cm³/mol. The van der Waals surface area contributed by atoms with Crippen molar-refractivity contribution in [2.45, 2.75) is 64.7 Å². The van der Waals surface area contributed by atoms with Crippen LogP contribution in [0.4, 0.5) is 0 Å². The Morgan fingerprint density at radius 2 is 1.72 bits per heavy atom. The second-order valence-corrected chi connectivity index (χ2v) is 10.6. The van der Waals surface area contributed by atoms with Crippen molar-refractivity contribution in [1.29, 1.82) is 0 Å². The Kier molecular flexibility index (Phi) is 6.49. The average molecular weight is 423 g/mol. The van der Waals surface area contributed by atoms with Crippen molar-refractivity contribution in [3.8, 4) is 0 Å². The Hall–Kier alpha value is -2.34. The molecule has 3 unspecified atom stereocenters. The van der Waals surface area contributed by atoms with Crippen molar-refractivity contribution in [2.24, 2.45) is 23.7 Å². The molecule has 0 nitrogen and oxygen atoms in total. The van der Waals surface area contributed by atoms with Crippen LogP contribution in [0.5, 0.6) is 0 Å². The van der Waals surface area contributed by atoms with Gasteiger partial charge in [-0.2, -0.15) is 0 Å². The van der Waals surface area contributed by atoms with Crippen LogP contribution in [0.2, 0.25) is 0 Å². The minimum atomic E-state index is 0.382. The maximum Gasteiger partial charge on any atom is 0.0266 e. The summed E-state index contributed by atoms with van der Waals surface area (Å²) in [6.45, 7) is 6.70. The highest BCUT2D eigenvalue weighted by Gasteiger charge is 2.23. The molecule has 0 N–H and O–H groups in total. The summed E-state index contributed by atoms with van der Waals surface area (Å²) >= 11 is 0. The van der Waals surface area contributed by atoms with Gasteiger partial charge in [0.15, 0.2) is 0 Å². The fourth-order valence-corrected chi connectivity index (χ4v) is 6.05. The lowest BCUT2D eigenvalue weighted by molar-refractivity contribution is 0.339. The van der Waals surface area contributed by atoms with E-state index in [1.54, 1.807) is 5.57 Å². The highest BCUT2D eigenvalue weighted by atomic mass is 14.3. The largest absolute Gasteiger partial charge is 0.0949 e. The maximum absolute atomic E-state index is 4.33. The second kappa shape index (κ2) is 9.65. The molecule has 0 aliphatic heterocycles. The molecule has 0 aromatic carbocycles. The van der Waals surface area contributed by atoms with E-state index < -0.39 is 0 Å². The van der Waals surface area contributed by atoms with E-state index in [9.17, 15) is 0 Å². The monoisotopic (exact) mass is 422 g/mol. The molecule has 0 radical (unpaired) electrons. The quantitative estimate of drug-likeness (QED) is 0.384. The van der Waals surface area contributed by atoms with Gasteiger partial charge < -0.3 is 0 Å². The predicted octanol–water partition coefficient (Wildman–Crippen LogP) is 8.91. The van der Waals surface area contributed by atoms with E-state index in [2.05, 4.69) is 80.3 Å². The van der Waals surface area contributed by atoms with E-state index in [0.717, 1.165) is 12.3 Å². The number of hydrogen-bond donors (Lipinski definition) is 0. The highest BCUT2D eigenvalue weighted by molar-refractivity contribution is 5.52. The van der Waals surface area contributed by atoms with E-state index in [-0.39, 0.29) is 0 Å². The molecular weight excluding hydrogens is 384 g/mol. The van der Waals surface area contributed by atoms with Gasteiger partial charge in [0.25, 0.3) is 0 Å². The van der Waals surface area contributed by atoms with E-state index >= 15 is 0 Å². The van der Waals surface area contributed by atoms with E-state index in [1.165, 1.54) is 79.2 Å². The van der Waals surface area contributed by atoms with E-state index in [0.29, 0.717) is 17.8 Å². The maximum atomic E-state index is 4.33. The van der Waals surface area contributed by atoms with Gasteiger partial charge in [0.05, 0.1) is 0 Å². The molecule has 0 heterocycles. The Labute approximate surface area is 195 Å². The van der Waals surface area contributed by atoms with Crippen molar-refractivity contribution in [1.82, 2.24) is 0 Å². The minimum Gasteiger partial charge on any atom is -0.0949 e. The fourth-order valence-electron chi connectivity index (χ4n) is 6.05. The fraction of sp³-hybridized carbons (Fsp3) is 0.438. The zero-order valence-electron chi connectivity index (χ0n) is 19.7. The lowest BCUT2D eigenvalue weighted by Gasteiger charge is -2.26. The molecule has 1 fully saturated rings. The van der Waals surface area contributed by atoms with Crippen molar-refractivity contribution >= 4 is 0 Å². The lowest BCUT2D eigenvalue weighted by atomic mass is 9.79. The first-order valence-corrected chi connectivity index (χ1v) is 12.9. The first-order chi connectivity index (χ1) is 15.7. The van der Waals surface area contributed by atoms with Gasteiger partial charge in [-0.05, 0) is 59.8 Å². The van der Waals surface area contributed by atoms with Gasteiger partial charge in [-0.15, -0.1) is 0 Å². The van der Waals surface area contributed by atoms with Crippen LogP contribution in [0, 0.1) is 23.7 Å². The molecule has 3 atom stereocenters. The van der Waals surface area contributed by atoms with E-state index in [1.807, 2.05) is 0 Å². The Morgan fingerprint density at radius 3 is 2.59 bits per heavy atom. The molecule has 0 bridgehead atoms. The second-order valence-electron chi connectivity index (χ2n) is 10.6. The van der Waals surface area contributed by atoms with Crippen LogP contribution in [0.25, 0.3) is 0 Å². The van der Waals surface area contributed by atoms with Crippen LogP contribution in [-0.2, 0) is 0 Å².